The van der Waals surface area contributed by atoms with E-state index < -0.39 is 35.8 Å². The van der Waals surface area contributed by atoms with Gasteiger partial charge in [-0.2, -0.15) is 16.8 Å². The first-order valence-corrected chi connectivity index (χ1v) is 7.69. The molecule has 3 N–H and O–H groups in total. The van der Waals surface area contributed by atoms with E-state index in [2.05, 4.69) is 0 Å². The van der Waals surface area contributed by atoms with E-state index in [1.807, 2.05) is 0 Å². The minimum Gasteiger partial charge on any atom is -0.506 e. The Morgan fingerprint density at radius 1 is 0.800 bits per heavy atom. The molecule has 1 radical (unpaired) electrons. The van der Waals surface area contributed by atoms with Crippen LogP contribution >= 0.6 is 0 Å². The molecule has 113 valence electrons. The Labute approximate surface area is 130 Å². The molecule has 0 aliphatic carbocycles. The summed E-state index contributed by atoms with van der Waals surface area (Å²) in [6, 6.07) is 5.38. The normalized spacial score (nSPS) is 12.1. The summed E-state index contributed by atoms with van der Waals surface area (Å²) in [6.07, 6.45) is 0. The fourth-order valence-corrected chi connectivity index (χ4v) is 2.72. The SMILES string of the molecule is O=S(=O)(O)c1ccc2cc(O)c(S(=O)(=O)O)cc2c1.[Ag]. The third-order valence-corrected chi connectivity index (χ3v) is 4.20. The zero-order valence-corrected chi connectivity index (χ0v) is 12.6. The van der Waals surface area contributed by atoms with Gasteiger partial charge in [-0.15, -0.1) is 0 Å². The number of rotatable bonds is 2. The van der Waals surface area contributed by atoms with Crippen molar-refractivity contribution in [3.63, 3.8) is 0 Å². The van der Waals surface area contributed by atoms with Crippen molar-refractivity contribution in [3.05, 3.63) is 30.3 Å². The Hall–Kier alpha value is -0.940. The van der Waals surface area contributed by atoms with E-state index in [1.54, 1.807) is 0 Å². The van der Waals surface area contributed by atoms with E-state index in [4.69, 9.17) is 9.11 Å². The van der Waals surface area contributed by atoms with Gasteiger partial charge in [0.1, 0.15) is 10.6 Å². The smallest absolute Gasteiger partial charge is 0.298 e. The molecule has 0 saturated carbocycles. The minimum absolute atomic E-state index is 0. The third-order valence-electron chi connectivity index (χ3n) is 2.47. The molecule has 0 aromatic heterocycles. The van der Waals surface area contributed by atoms with Crippen molar-refractivity contribution >= 4 is 31.0 Å². The number of benzene rings is 2. The molecule has 0 atom stereocenters. The number of phenols is 1. The van der Waals surface area contributed by atoms with Crippen LogP contribution in [0, 0.1) is 0 Å². The first-order chi connectivity index (χ1) is 8.59. The molecular weight excluding hydrogens is 404 g/mol. The van der Waals surface area contributed by atoms with Crippen molar-refractivity contribution in [1.29, 1.82) is 0 Å². The van der Waals surface area contributed by atoms with Crippen LogP contribution in [0.15, 0.2) is 40.1 Å². The van der Waals surface area contributed by atoms with Gasteiger partial charge in [0, 0.05) is 22.4 Å². The van der Waals surface area contributed by atoms with Crippen LogP contribution < -0.4 is 0 Å². The van der Waals surface area contributed by atoms with Crippen LogP contribution in [0.1, 0.15) is 0 Å². The van der Waals surface area contributed by atoms with Gasteiger partial charge in [-0.25, -0.2) is 0 Å². The maximum absolute atomic E-state index is 11.0. The third kappa shape index (κ3) is 3.38. The van der Waals surface area contributed by atoms with E-state index in [0.29, 0.717) is 5.39 Å². The molecule has 0 aliphatic heterocycles. The molecule has 7 nitrogen and oxygen atoms in total. The largest absolute Gasteiger partial charge is 0.506 e. The van der Waals surface area contributed by atoms with Gasteiger partial charge in [-0.3, -0.25) is 9.11 Å². The van der Waals surface area contributed by atoms with Crippen molar-refractivity contribution in [2.24, 2.45) is 0 Å². The average Bonchev–Trinajstić information content (AvgIpc) is 2.24. The monoisotopic (exact) mass is 411 g/mol. The fraction of sp³-hybridized carbons (Fsp3) is 0. The molecule has 2 rings (SSSR count). The van der Waals surface area contributed by atoms with E-state index in [9.17, 15) is 21.9 Å². The zero-order chi connectivity index (χ0) is 14.4. The minimum atomic E-state index is -4.64. The second-order valence-corrected chi connectivity index (χ2v) is 6.59. The molecule has 20 heavy (non-hydrogen) atoms. The van der Waals surface area contributed by atoms with Gasteiger partial charge < -0.3 is 5.11 Å². The topological polar surface area (TPSA) is 129 Å². The molecule has 0 amide bonds. The number of phenolic OH excluding ortho intramolecular Hbond substituents is 1. The predicted molar refractivity (Wildman–Crippen MR) is 65.2 cm³/mol. The second-order valence-electron chi connectivity index (χ2n) is 3.78. The summed E-state index contributed by atoms with van der Waals surface area (Å²) in [5.41, 5.74) is 0. The number of aromatic hydroxyl groups is 1. The molecule has 0 fully saturated rings. The first-order valence-electron chi connectivity index (χ1n) is 4.81. The Kier molecular flexibility index (Phi) is 4.66. The van der Waals surface area contributed by atoms with Crippen LogP contribution in [0.4, 0.5) is 0 Å². The van der Waals surface area contributed by atoms with Gasteiger partial charge in [0.2, 0.25) is 0 Å². The summed E-state index contributed by atoms with van der Waals surface area (Å²) in [6.45, 7) is 0. The molecule has 2 aromatic rings. The van der Waals surface area contributed by atoms with Crippen LogP contribution in [-0.4, -0.2) is 31.0 Å². The first kappa shape index (κ1) is 17.1. The standard InChI is InChI=1S/C10H8O7S2.Ag/c11-9-4-6-1-2-8(18(12,13)14)3-7(6)5-10(9)19(15,16)17;/h1-5,11H,(H,12,13,14)(H,15,16,17);. The molecule has 2 aromatic carbocycles. The van der Waals surface area contributed by atoms with Crippen molar-refractivity contribution in [1.82, 2.24) is 0 Å². The molecule has 0 saturated heterocycles. The van der Waals surface area contributed by atoms with Crippen LogP contribution in [0.2, 0.25) is 0 Å². The van der Waals surface area contributed by atoms with Crippen LogP contribution in [0.3, 0.4) is 0 Å². The second kappa shape index (κ2) is 5.45. The van der Waals surface area contributed by atoms with Crippen molar-refractivity contribution < 1.29 is 53.4 Å². The Morgan fingerprint density at radius 3 is 1.90 bits per heavy atom. The molecule has 0 bridgehead atoms. The molecule has 0 heterocycles. The Balaban J connectivity index is 0.00000200. The fourth-order valence-electron chi connectivity index (χ4n) is 1.61. The summed E-state index contributed by atoms with van der Waals surface area (Å²) in [5.74, 6) is -0.658. The number of hydrogen-bond donors (Lipinski definition) is 3. The maximum atomic E-state index is 11.0. The van der Waals surface area contributed by atoms with Crippen LogP contribution in [0.25, 0.3) is 10.8 Å². The van der Waals surface area contributed by atoms with E-state index in [0.717, 1.165) is 24.3 Å². The summed E-state index contributed by atoms with van der Waals surface area (Å²) in [4.78, 5) is -1.17. The van der Waals surface area contributed by atoms with E-state index in [1.165, 1.54) is 6.07 Å². The van der Waals surface area contributed by atoms with Gasteiger partial charge in [0.05, 0.1) is 4.90 Å². The van der Waals surface area contributed by atoms with E-state index in [-0.39, 0.29) is 27.8 Å². The van der Waals surface area contributed by atoms with Crippen LogP contribution in [0.5, 0.6) is 5.75 Å². The van der Waals surface area contributed by atoms with Gasteiger partial charge >= 0.3 is 0 Å². The van der Waals surface area contributed by atoms with Crippen LogP contribution in [-0.2, 0) is 42.6 Å². The maximum Gasteiger partial charge on any atom is 0.298 e. The average molecular weight is 412 g/mol. The van der Waals surface area contributed by atoms with Crippen molar-refractivity contribution in [2.45, 2.75) is 9.79 Å². The van der Waals surface area contributed by atoms with E-state index >= 15 is 0 Å². The summed E-state index contributed by atoms with van der Waals surface area (Å²) >= 11 is 0. The van der Waals surface area contributed by atoms with Gasteiger partial charge in [-0.05, 0) is 35.0 Å². The summed E-state index contributed by atoms with van der Waals surface area (Å²) in [7, 11) is -9.06. The van der Waals surface area contributed by atoms with Gasteiger partial charge in [0.15, 0.2) is 0 Å². The molecular formula is C10H8AgO7S2. The summed E-state index contributed by atoms with van der Waals surface area (Å²) < 4.78 is 61.7. The van der Waals surface area contributed by atoms with Crippen molar-refractivity contribution in [2.75, 3.05) is 0 Å². The summed E-state index contributed by atoms with van der Waals surface area (Å²) in [5, 5.41) is 9.94. The predicted octanol–water partition coefficient (Wildman–Crippen LogP) is 1.04. The Bertz CT molecular complexity index is 872. The quantitative estimate of drug-likeness (QED) is 0.497. The molecule has 0 aliphatic rings. The van der Waals surface area contributed by atoms with Gasteiger partial charge in [0.25, 0.3) is 20.2 Å². The van der Waals surface area contributed by atoms with Crippen molar-refractivity contribution in [3.8, 4) is 5.75 Å². The Morgan fingerprint density at radius 2 is 1.40 bits per heavy atom. The molecule has 10 heteroatoms. The number of hydrogen-bond acceptors (Lipinski definition) is 5. The van der Waals surface area contributed by atoms with Gasteiger partial charge in [-0.1, -0.05) is 6.07 Å². The zero-order valence-electron chi connectivity index (χ0n) is 9.48. The molecule has 0 spiro atoms. The number of fused-ring (bicyclic) bond motifs is 1. The molecule has 0 unspecified atom stereocenters.